The summed E-state index contributed by atoms with van der Waals surface area (Å²) in [5.41, 5.74) is 0. The standard InChI is InChI=1S/C14H19FO2S/c1-2-3-4-5-6-13(14(16)17)18-12-9-7-11(15)8-10-12/h7-10,13H,2-6H2,1H3,(H,16,17). The van der Waals surface area contributed by atoms with E-state index in [4.69, 9.17) is 5.11 Å². The Labute approximate surface area is 112 Å². The van der Waals surface area contributed by atoms with Gasteiger partial charge in [-0.3, -0.25) is 4.79 Å². The highest BCUT2D eigenvalue weighted by Gasteiger charge is 2.18. The monoisotopic (exact) mass is 270 g/mol. The Morgan fingerprint density at radius 3 is 2.50 bits per heavy atom. The fourth-order valence-electron chi connectivity index (χ4n) is 1.67. The first-order valence-corrected chi connectivity index (χ1v) is 7.16. The summed E-state index contributed by atoms with van der Waals surface area (Å²) in [5.74, 6) is -1.09. The third-order valence-corrected chi connectivity index (χ3v) is 3.95. The SMILES string of the molecule is CCCCCCC(Sc1ccc(F)cc1)C(=O)O. The minimum absolute atomic E-state index is 0.297. The zero-order valence-electron chi connectivity index (χ0n) is 10.6. The lowest BCUT2D eigenvalue weighted by atomic mass is 10.1. The molecule has 0 saturated heterocycles. The van der Waals surface area contributed by atoms with E-state index >= 15 is 0 Å². The number of carboxylic acid groups (broad SMARTS) is 1. The van der Waals surface area contributed by atoms with Crippen LogP contribution >= 0.6 is 11.8 Å². The van der Waals surface area contributed by atoms with Crippen molar-refractivity contribution in [1.29, 1.82) is 0 Å². The number of halogens is 1. The third kappa shape index (κ3) is 5.54. The molecule has 1 atom stereocenters. The molecule has 0 aliphatic heterocycles. The minimum atomic E-state index is -0.791. The van der Waals surface area contributed by atoms with Crippen LogP contribution < -0.4 is 0 Å². The molecule has 1 rings (SSSR count). The Bertz CT molecular complexity index is 365. The maximum atomic E-state index is 12.7. The van der Waals surface area contributed by atoms with Crippen molar-refractivity contribution in [2.75, 3.05) is 0 Å². The summed E-state index contributed by atoms with van der Waals surface area (Å²) >= 11 is 1.30. The summed E-state index contributed by atoms with van der Waals surface area (Å²) in [6.07, 6.45) is 4.96. The van der Waals surface area contributed by atoms with E-state index in [1.807, 2.05) is 0 Å². The smallest absolute Gasteiger partial charge is 0.316 e. The van der Waals surface area contributed by atoms with Crippen LogP contribution in [-0.2, 0) is 4.79 Å². The zero-order valence-corrected chi connectivity index (χ0v) is 11.4. The maximum absolute atomic E-state index is 12.7. The molecule has 0 amide bonds. The van der Waals surface area contributed by atoms with Gasteiger partial charge in [-0.2, -0.15) is 0 Å². The average molecular weight is 270 g/mol. The van der Waals surface area contributed by atoms with Gasteiger partial charge in [0.1, 0.15) is 11.1 Å². The first kappa shape index (κ1) is 15.0. The molecule has 0 bridgehead atoms. The molecule has 4 heteroatoms. The van der Waals surface area contributed by atoms with E-state index < -0.39 is 11.2 Å². The van der Waals surface area contributed by atoms with Crippen LogP contribution in [0.4, 0.5) is 4.39 Å². The highest BCUT2D eigenvalue weighted by Crippen LogP contribution is 2.27. The second kappa shape index (κ2) is 8.14. The number of benzene rings is 1. The topological polar surface area (TPSA) is 37.3 Å². The van der Waals surface area contributed by atoms with Crippen LogP contribution in [0.5, 0.6) is 0 Å². The molecule has 0 heterocycles. The summed E-state index contributed by atoms with van der Waals surface area (Å²) in [7, 11) is 0. The molecule has 0 spiro atoms. The Kier molecular flexibility index (Phi) is 6.80. The number of aliphatic carboxylic acids is 1. The van der Waals surface area contributed by atoms with Gasteiger partial charge in [-0.05, 0) is 30.7 Å². The van der Waals surface area contributed by atoms with Crippen molar-refractivity contribution < 1.29 is 14.3 Å². The molecular weight excluding hydrogens is 251 g/mol. The number of thioether (sulfide) groups is 1. The highest BCUT2D eigenvalue weighted by molar-refractivity contribution is 8.00. The molecule has 18 heavy (non-hydrogen) atoms. The molecule has 0 aliphatic carbocycles. The van der Waals surface area contributed by atoms with Crippen molar-refractivity contribution in [2.24, 2.45) is 0 Å². The minimum Gasteiger partial charge on any atom is -0.480 e. The van der Waals surface area contributed by atoms with Gasteiger partial charge in [0.25, 0.3) is 0 Å². The lowest BCUT2D eigenvalue weighted by Gasteiger charge is -2.11. The van der Waals surface area contributed by atoms with Gasteiger partial charge in [-0.1, -0.05) is 32.6 Å². The molecule has 1 N–H and O–H groups in total. The van der Waals surface area contributed by atoms with Gasteiger partial charge in [-0.15, -0.1) is 11.8 Å². The summed E-state index contributed by atoms with van der Waals surface area (Å²) in [5, 5.41) is 8.71. The second-order valence-corrected chi connectivity index (χ2v) is 5.52. The van der Waals surface area contributed by atoms with E-state index in [1.54, 1.807) is 12.1 Å². The van der Waals surface area contributed by atoms with Gasteiger partial charge in [0.2, 0.25) is 0 Å². The van der Waals surface area contributed by atoms with E-state index in [2.05, 4.69) is 6.92 Å². The fraction of sp³-hybridized carbons (Fsp3) is 0.500. The fourth-order valence-corrected chi connectivity index (χ4v) is 2.67. The van der Waals surface area contributed by atoms with E-state index in [1.165, 1.54) is 23.9 Å². The van der Waals surface area contributed by atoms with Gasteiger partial charge < -0.3 is 5.11 Å². The number of hydrogen-bond acceptors (Lipinski definition) is 2. The van der Waals surface area contributed by atoms with Crippen LogP contribution in [-0.4, -0.2) is 16.3 Å². The molecular formula is C14H19FO2S. The van der Waals surface area contributed by atoms with Crippen molar-refractivity contribution in [2.45, 2.75) is 49.2 Å². The van der Waals surface area contributed by atoms with E-state index in [0.29, 0.717) is 6.42 Å². The Hall–Kier alpha value is -1.03. The molecule has 0 radical (unpaired) electrons. The largest absolute Gasteiger partial charge is 0.480 e. The van der Waals surface area contributed by atoms with Crippen LogP contribution in [0.3, 0.4) is 0 Å². The second-order valence-electron chi connectivity index (χ2n) is 4.25. The number of carbonyl (C=O) groups is 1. The predicted molar refractivity (Wildman–Crippen MR) is 72.4 cm³/mol. The molecule has 0 aliphatic rings. The van der Waals surface area contributed by atoms with E-state index in [0.717, 1.165) is 30.6 Å². The van der Waals surface area contributed by atoms with Crippen molar-refractivity contribution in [3.05, 3.63) is 30.1 Å². The van der Waals surface area contributed by atoms with Gasteiger partial charge in [-0.25, -0.2) is 4.39 Å². The van der Waals surface area contributed by atoms with Gasteiger partial charge in [0.15, 0.2) is 0 Å². The number of hydrogen-bond donors (Lipinski definition) is 1. The first-order chi connectivity index (χ1) is 8.63. The molecule has 0 fully saturated rings. The molecule has 0 saturated carbocycles. The van der Waals surface area contributed by atoms with Crippen molar-refractivity contribution >= 4 is 17.7 Å². The Morgan fingerprint density at radius 1 is 1.28 bits per heavy atom. The summed E-state index contributed by atoms with van der Waals surface area (Å²) in [4.78, 5) is 11.9. The molecule has 0 aromatic heterocycles. The predicted octanol–water partition coefficient (Wildman–Crippen LogP) is 4.34. The molecule has 1 unspecified atom stereocenters. The summed E-state index contributed by atoms with van der Waals surface area (Å²) in [6.45, 7) is 2.13. The lowest BCUT2D eigenvalue weighted by molar-refractivity contribution is -0.136. The number of rotatable bonds is 8. The van der Waals surface area contributed by atoms with Gasteiger partial charge in [0, 0.05) is 4.90 Å². The number of unbranched alkanes of at least 4 members (excludes halogenated alkanes) is 3. The van der Waals surface area contributed by atoms with Crippen LogP contribution in [0.2, 0.25) is 0 Å². The molecule has 1 aromatic rings. The van der Waals surface area contributed by atoms with Crippen molar-refractivity contribution in [3.8, 4) is 0 Å². The quantitative estimate of drug-likeness (QED) is 0.564. The van der Waals surface area contributed by atoms with Crippen molar-refractivity contribution in [3.63, 3.8) is 0 Å². The normalized spacial score (nSPS) is 12.3. The van der Waals surface area contributed by atoms with E-state index in [-0.39, 0.29) is 5.82 Å². The lowest BCUT2D eigenvalue weighted by Crippen LogP contribution is -2.16. The molecule has 100 valence electrons. The highest BCUT2D eigenvalue weighted by atomic mass is 32.2. The summed E-state index contributed by atoms with van der Waals surface area (Å²) in [6, 6.07) is 5.97. The molecule has 1 aromatic carbocycles. The van der Waals surface area contributed by atoms with Gasteiger partial charge in [0.05, 0.1) is 0 Å². The zero-order chi connectivity index (χ0) is 13.4. The van der Waals surface area contributed by atoms with E-state index in [9.17, 15) is 9.18 Å². The maximum Gasteiger partial charge on any atom is 0.316 e. The number of carboxylic acids is 1. The van der Waals surface area contributed by atoms with Crippen molar-refractivity contribution in [1.82, 2.24) is 0 Å². The third-order valence-electron chi connectivity index (χ3n) is 2.69. The van der Waals surface area contributed by atoms with Crippen LogP contribution in [0.1, 0.15) is 39.0 Å². The first-order valence-electron chi connectivity index (χ1n) is 6.28. The van der Waals surface area contributed by atoms with Crippen LogP contribution in [0.25, 0.3) is 0 Å². The van der Waals surface area contributed by atoms with Crippen LogP contribution in [0, 0.1) is 5.82 Å². The average Bonchev–Trinajstić information content (AvgIpc) is 2.35. The summed E-state index contributed by atoms with van der Waals surface area (Å²) < 4.78 is 12.7. The van der Waals surface area contributed by atoms with Crippen LogP contribution in [0.15, 0.2) is 29.2 Å². The van der Waals surface area contributed by atoms with Gasteiger partial charge >= 0.3 is 5.97 Å². The Morgan fingerprint density at radius 2 is 1.94 bits per heavy atom. The Balaban J connectivity index is 2.47. The molecule has 2 nitrogen and oxygen atoms in total.